The fraction of sp³-hybridized carbons (Fsp3) is 0.867. The van der Waals surface area contributed by atoms with Crippen LogP contribution >= 0.6 is 11.8 Å². The molecule has 112 valence electrons. The van der Waals surface area contributed by atoms with E-state index in [1.807, 2.05) is 21.6 Å². The lowest BCUT2D eigenvalue weighted by atomic mass is 9.92. The molecular weight excluding hydrogens is 272 g/mol. The van der Waals surface area contributed by atoms with Crippen molar-refractivity contribution in [2.75, 3.05) is 18.1 Å². The van der Waals surface area contributed by atoms with Crippen molar-refractivity contribution in [1.82, 2.24) is 9.80 Å². The zero-order valence-electron chi connectivity index (χ0n) is 12.4. The van der Waals surface area contributed by atoms with Crippen LogP contribution in [0.25, 0.3) is 0 Å². The van der Waals surface area contributed by atoms with Crippen LogP contribution < -0.4 is 0 Å². The van der Waals surface area contributed by atoms with E-state index in [0.717, 1.165) is 43.7 Å². The third-order valence-electron chi connectivity index (χ3n) is 4.84. The minimum Gasteiger partial charge on any atom is -0.329 e. The van der Waals surface area contributed by atoms with Crippen molar-refractivity contribution in [3.8, 4) is 0 Å². The van der Waals surface area contributed by atoms with Gasteiger partial charge in [-0.05, 0) is 43.1 Å². The van der Waals surface area contributed by atoms with Crippen LogP contribution in [0, 0.1) is 5.92 Å². The zero-order chi connectivity index (χ0) is 14.3. The van der Waals surface area contributed by atoms with Crippen molar-refractivity contribution in [1.29, 1.82) is 0 Å². The van der Waals surface area contributed by atoms with E-state index in [2.05, 4.69) is 13.8 Å². The number of carbonyl (C=O) groups excluding carboxylic acids is 2. The number of amides is 2. The maximum atomic E-state index is 12.9. The molecule has 0 saturated carbocycles. The van der Waals surface area contributed by atoms with E-state index < -0.39 is 0 Å². The number of piperazine rings is 1. The Kier molecular flexibility index (Phi) is 3.98. The molecule has 0 aromatic carbocycles. The number of rotatable bonds is 2. The molecule has 2 unspecified atom stereocenters. The average molecular weight is 296 g/mol. The fourth-order valence-corrected chi connectivity index (χ4v) is 4.94. The zero-order valence-corrected chi connectivity index (χ0v) is 13.2. The van der Waals surface area contributed by atoms with Gasteiger partial charge in [-0.15, -0.1) is 0 Å². The van der Waals surface area contributed by atoms with Gasteiger partial charge in [0.1, 0.15) is 12.1 Å². The molecule has 3 aliphatic rings. The molecule has 3 aliphatic heterocycles. The molecule has 4 nitrogen and oxygen atoms in total. The lowest BCUT2D eigenvalue weighted by Crippen LogP contribution is -2.66. The van der Waals surface area contributed by atoms with Crippen LogP contribution in [0.1, 0.15) is 39.5 Å². The highest BCUT2D eigenvalue weighted by atomic mass is 32.2. The maximum Gasteiger partial charge on any atom is 0.246 e. The molecule has 2 atom stereocenters. The summed E-state index contributed by atoms with van der Waals surface area (Å²) in [6.45, 7) is 4.90. The topological polar surface area (TPSA) is 40.6 Å². The Morgan fingerprint density at radius 2 is 1.80 bits per heavy atom. The van der Waals surface area contributed by atoms with Crippen LogP contribution in [0.3, 0.4) is 0 Å². The highest BCUT2D eigenvalue weighted by molar-refractivity contribution is 7.99. The quantitative estimate of drug-likeness (QED) is 0.779. The molecule has 0 aliphatic carbocycles. The second-order valence-corrected chi connectivity index (χ2v) is 7.69. The molecule has 3 fully saturated rings. The summed E-state index contributed by atoms with van der Waals surface area (Å²) in [5.74, 6) is 2.84. The Morgan fingerprint density at radius 3 is 2.45 bits per heavy atom. The van der Waals surface area contributed by atoms with Crippen molar-refractivity contribution < 1.29 is 9.59 Å². The van der Waals surface area contributed by atoms with Crippen LogP contribution in [0.4, 0.5) is 0 Å². The minimum atomic E-state index is -0.232. The smallest absolute Gasteiger partial charge is 0.246 e. The molecule has 0 N–H and O–H groups in total. The summed E-state index contributed by atoms with van der Waals surface area (Å²) in [6.07, 6.45) is 3.91. The molecule has 3 heterocycles. The fourth-order valence-electron chi connectivity index (χ4n) is 3.86. The van der Waals surface area contributed by atoms with Gasteiger partial charge in [0, 0.05) is 12.6 Å². The first kappa shape index (κ1) is 14.2. The van der Waals surface area contributed by atoms with Crippen molar-refractivity contribution in [2.45, 2.75) is 57.7 Å². The van der Waals surface area contributed by atoms with Crippen molar-refractivity contribution in [3.63, 3.8) is 0 Å². The van der Waals surface area contributed by atoms with E-state index in [1.165, 1.54) is 0 Å². The maximum absolute atomic E-state index is 12.9. The summed E-state index contributed by atoms with van der Waals surface area (Å²) >= 11 is 1.96. The summed E-state index contributed by atoms with van der Waals surface area (Å²) in [6, 6.07) is -0.111. The number of fused-ring (bicyclic) bond motifs is 1. The summed E-state index contributed by atoms with van der Waals surface area (Å²) in [5.41, 5.74) is 0. The van der Waals surface area contributed by atoms with E-state index in [9.17, 15) is 9.59 Å². The Bertz CT molecular complexity index is 407. The van der Waals surface area contributed by atoms with Gasteiger partial charge in [0.25, 0.3) is 0 Å². The van der Waals surface area contributed by atoms with Crippen LogP contribution in [0.2, 0.25) is 0 Å². The van der Waals surface area contributed by atoms with E-state index in [1.54, 1.807) is 0 Å². The second kappa shape index (κ2) is 5.58. The molecule has 0 spiro atoms. The van der Waals surface area contributed by atoms with Crippen molar-refractivity contribution >= 4 is 23.6 Å². The summed E-state index contributed by atoms with van der Waals surface area (Å²) in [5, 5.41) is 0. The largest absolute Gasteiger partial charge is 0.329 e. The monoisotopic (exact) mass is 296 g/mol. The molecule has 2 amide bonds. The van der Waals surface area contributed by atoms with Gasteiger partial charge in [-0.1, -0.05) is 13.8 Å². The number of nitrogens with zero attached hydrogens (tertiary/aromatic N) is 2. The first-order valence-electron chi connectivity index (χ1n) is 7.81. The Labute approximate surface area is 125 Å². The first-order chi connectivity index (χ1) is 9.61. The third-order valence-corrected chi connectivity index (χ3v) is 5.89. The number of hydrogen-bond acceptors (Lipinski definition) is 3. The molecular formula is C15H24N2O2S. The van der Waals surface area contributed by atoms with E-state index in [-0.39, 0.29) is 35.9 Å². The predicted molar refractivity (Wildman–Crippen MR) is 80.6 cm³/mol. The Balaban J connectivity index is 1.90. The summed E-state index contributed by atoms with van der Waals surface area (Å²) < 4.78 is 0. The molecule has 20 heavy (non-hydrogen) atoms. The van der Waals surface area contributed by atoms with Crippen molar-refractivity contribution in [2.24, 2.45) is 5.92 Å². The summed E-state index contributed by atoms with van der Waals surface area (Å²) in [7, 11) is 0. The number of carbonyl (C=O) groups is 2. The van der Waals surface area contributed by atoms with Gasteiger partial charge in [0.2, 0.25) is 11.8 Å². The van der Waals surface area contributed by atoms with E-state index in [0.29, 0.717) is 0 Å². The van der Waals surface area contributed by atoms with Gasteiger partial charge < -0.3 is 9.80 Å². The lowest BCUT2D eigenvalue weighted by Gasteiger charge is -2.48. The molecule has 0 aromatic rings. The second-order valence-electron chi connectivity index (χ2n) is 6.47. The van der Waals surface area contributed by atoms with Crippen LogP contribution in [-0.4, -0.2) is 57.8 Å². The van der Waals surface area contributed by atoms with Gasteiger partial charge in [-0.3, -0.25) is 9.59 Å². The van der Waals surface area contributed by atoms with Crippen LogP contribution in [0.5, 0.6) is 0 Å². The van der Waals surface area contributed by atoms with E-state index >= 15 is 0 Å². The number of thioether (sulfide) groups is 1. The Morgan fingerprint density at radius 1 is 1.10 bits per heavy atom. The van der Waals surface area contributed by atoms with Gasteiger partial charge in [-0.25, -0.2) is 0 Å². The molecule has 0 aromatic heterocycles. The number of hydrogen-bond donors (Lipinski definition) is 0. The van der Waals surface area contributed by atoms with Gasteiger partial charge in [-0.2, -0.15) is 11.8 Å². The normalized spacial score (nSPS) is 32.1. The minimum absolute atomic E-state index is 0.160. The predicted octanol–water partition coefficient (Wildman–Crippen LogP) is 1.74. The van der Waals surface area contributed by atoms with Crippen molar-refractivity contribution in [3.05, 3.63) is 0 Å². The van der Waals surface area contributed by atoms with Crippen LogP contribution in [-0.2, 0) is 9.59 Å². The SMILES string of the molecule is CC(C)C1C(=O)N2CCCC2C(=O)N1C1CCSCC1. The van der Waals surface area contributed by atoms with Gasteiger partial charge in [0.15, 0.2) is 0 Å². The Hall–Kier alpha value is -0.710. The molecule has 0 radical (unpaired) electrons. The average Bonchev–Trinajstić information content (AvgIpc) is 2.93. The van der Waals surface area contributed by atoms with Crippen LogP contribution in [0.15, 0.2) is 0 Å². The lowest BCUT2D eigenvalue weighted by molar-refractivity contribution is -0.164. The van der Waals surface area contributed by atoms with Gasteiger partial charge in [0.05, 0.1) is 0 Å². The molecule has 0 bridgehead atoms. The molecule has 3 rings (SSSR count). The van der Waals surface area contributed by atoms with Gasteiger partial charge >= 0.3 is 0 Å². The van der Waals surface area contributed by atoms with E-state index in [4.69, 9.17) is 0 Å². The summed E-state index contributed by atoms with van der Waals surface area (Å²) in [4.78, 5) is 29.5. The molecule has 5 heteroatoms. The first-order valence-corrected chi connectivity index (χ1v) is 8.97. The third kappa shape index (κ3) is 2.24. The highest BCUT2D eigenvalue weighted by Gasteiger charge is 2.50. The standard InChI is InChI=1S/C15H24N2O2S/c1-10(2)13-15(19)16-7-3-4-12(16)14(18)17(13)11-5-8-20-9-6-11/h10-13H,3-9H2,1-2H3. The molecule has 3 saturated heterocycles. The highest BCUT2D eigenvalue weighted by Crippen LogP contribution is 2.34.